The SMILES string of the molecule is Cc1nccc(C2CCNC2)n1.Cl.Cl. The average molecular weight is 236 g/mol. The lowest BCUT2D eigenvalue weighted by atomic mass is 10.1. The quantitative estimate of drug-likeness (QED) is 0.806. The summed E-state index contributed by atoms with van der Waals surface area (Å²) in [6, 6.07) is 2.02. The predicted molar refractivity (Wildman–Crippen MR) is 61.5 cm³/mol. The number of rotatable bonds is 1. The third kappa shape index (κ3) is 3.08. The van der Waals surface area contributed by atoms with Crippen molar-refractivity contribution in [2.24, 2.45) is 0 Å². The van der Waals surface area contributed by atoms with Gasteiger partial charge in [-0.2, -0.15) is 0 Å². The van der Waals surface area contributed by atoms with Crippen molar-refractivity contribution in [3.8, 4) is 0 Å². The molecule has 2 rings (SSSR count). The molecule has 1 N–H and O–H groups in total. The lowest BCUT2D eigenvalue weighted by Crippen LogP contribution is -2.09. The number of aryl methyl sites for hydroxylation is 1. The number of halogens is 2. The van der Waals surface area contributed by atoms with Crippen molar-refractivity contribution in [3.05, 3.63) is 23.8 Å². The van der Waals surface area contributed by atoms with E-state index in [1.165, 1.54) is 12.1 Å². The summed E-state index contributed by atoms with van der Waals surface area (Å²) >= 11 is 0. The summed E-state index contributed by atoms with van der Waals surface area (Å²) in [4.78, 5) is 8.48. The highest BCUT2D eigenvalue weighted by molar-refractivity contribution is 5.85. The summed E-state index contributed by atoms with van der Waals surface area (Å²) in [7, 11) is 0. The minimum atomic E-state index is 0. The second kappa shape index (κ2) is 6.17. The van der Waals surface area contributed by atoms with E-state index in [4.69, 9.17) is 0 Å². The molecule has 1 atom stereocenters. The molecule has 0 amide bonds. The highest BCUT2D eigenvalue weighted by atomic mass is 35.5. The molecular formula is C9H15Cl2N3. The van der Waals surface area contributed by atoms with E-state index in [1.807, 2.05) is 19.2 Å². The molecule has 2 heterocycles. The van der Waals surface area contributed by atoms with Gasteiger partial charge in [-0.3, -0.25) is 0 Å². The lowest BCUT2D eigenvalue weighted by molar-refractivity contribution is 0.724. The monoisotopic (exact) mass is 235 g/mol. The fourth-order valence-electron chi connectivity index (χ4n) is 1.61. The molecule has 14 heavy (non-hydrogen) atoms. The maximum absolute atomic E-state index is 4.40. The van der Waals surface area contributed by atoms with Crippen LogP contribution in [0, 0.1) is 6.92 Å². The Morgan fingerprint density at radius 2 is 2.21 bits per heavy atom. The number of hydrogen-bond acceptors (Lipinski definition) is 3. The molecule has 0 aromatic carbocycles. The smallest absolute Gasteiger partial charge is 0.125 e. The largest absolute Gasteiger partial charge is 0.316 e. The fraction of sp³-hybridized carbons (Fsp3) is 0.556. The molecule has 1 aromatic heterocycles. The second-order valence-corrected chi connectivity index (χ2v) is 3.22. The Morgan fingerprint density at radius 1 is 1.43 bits per heavy atom. The van der Waals surface area contributed by atoms with E-state index < -0.39 is 0 Å². The first-order valence-corrected chi connectivity index (χ1v) is 4.36. The van der Waals surface area contributed by atoms with Crippen LogP contribution in [0.15, 0.2) is 12.3 Å². The van der Waals surface area contributed by atoms with Crippen LogP contribution in [0.25, 0.3) is 0 Å². The normalized spacial score (nSPS) is 19.6. The molecule has 80 valence electrons. The van der Waals surface area contributed by atoms with Crippen molar-refractivity contribution < 1.29 is 0 Å². The highest BCUT2D eigenvalue weighted by Gasteiger charge is 2.17. The topological polar surface area (TPSA) is 37.8 Å². The third-order valence-electron chi connectivity index (χ3n) is 2.28. The number of nitrogens with zero attached hydrogens (tertiary/aromatic N) is 2. The molecule has 1 aliphatic heterocycles. The summed E-state index contributed by atoms with van der Waals surface area (Å²) in [6.07, 6.45) is 3.05. The van der Waals surface area contributed by atoms with Crippen LogP contribution in [0.5, 0.6) is 0 Å². The van der Waals surface area contributed by atoms with Gasteiger partial charge in [0.15, 0.2) is 0 Å². The van der Waals surface area contributed by atoms with Crippen LogP contribution in [0.2, 0.25) is 0 Å². The summed E-state index contributed by atoms with van der Waals surface area (Å²) in [6.45, 7) is 4.12. The molecule has 1 fully saturated rings. The van der Waals surface area contributed by atoms with E-state index in [-0.39, 0.29) is 24.8 Å². The molecule has 1 aliphatic rings. The molecule has 0 radical (unpaired) electrons. The Labute approximate surface area is 96.5 Å². The Hall–Kier alpha value is -0.380. The van der Waals surface area contributed by atoms with Crippen molar-refractivity contribution in [2.75, 3.05) is 13.1 Å². The van der Waals surface area contributed by atoms with Crippen LogP contribution in [0.1, 0.15) is 23.9 Å². The van der Waals surface area contributed by atoms with E-state index in [0.717, 1.165) is 18.9 Å². The van der Waals surface area contributed by atoms with Crippen LogP contribution < -0.4 is 5.32 Å². The second-order valence-electron chi connectivity index (χ2n) is 3.22. The zero-order valence-electron chi connectivity index (χ0n) is 8.06. The summed E-state index contributed by atoms with van der Waals surface area (Å²) in [5, 5.41) is 3.33. The number of nitrogens with one attached hydrogen (secondary N) is 1. The number of aromatic nitrogens is 2. The molecule has 1 unspecified atom stereocenters. The molecule has 5 heteroatoms. The van der Waals surface area contributed by atoms with Crippen LogP contribution in [-0.2, 0) is 0 Å². The van der Waals surface area contributed by atoms with E-state index in [0.29, 0.717) is 5.92 Å². The first kappa shape index (κ1) is 13.6. The molecule has 0 bridgehead atoms. The zero-order valence-corrected chi connectivity index (χ0v) is 9.70. The van der Waals surface area contributed by atoms with Crippen LogP contribution in [0.3, 0.4) is 0 Å². The minimum Gasteiger partial charge on any atom is -0.316 e. The molecule has 1 saturated heterocycles. The fourth-order valence-corrected chi connectivity index (χ4v) is 1.61. The van der Waals surface area contributed by atoms with Crippen LogP contribution in [0.4, 0.5) is 0 Å². The van der Waals surface area contributed by atoms with Crippen LogP contribution in [-0.4, -0.2) is 23.1 Å². The van der Waals surface area contributed by atoms with Crippen molar-refractivity contribution in [3.63, 3.8) is 0 Å². The van der Waals surface area contributed by atoms with Gasteiger partial charge in [-0.15, -0.1) is 24.8 Å². The van der Waals surface area contributed by atoms with Gasteiger partial charge >= 0.3 is 0 Å². The Kier molecular flexibility index (Phi) is 6.00. The minimum absolute atomic E-state index is 0. The maximum atomic E-state index is 4.40. The summed E-state index contributed by atoms with van der Waals surface area (Å²) in [5.41, 5.74) is 1.19. The maximum Gasteiger partial charge on any atom is 0.125 e. The van der Waals surface area contributed by atoms with Crippen molar-refractivity contribution in [1.82, 2.24) is 15.3 Å². The zero-order chi connectivity index (χ0) is 8.39. The van der Waals surface area contributed by atoms with E-state index in [2.05, 4.69) is 15.3 Å². The van der Waals surface area contributed by atoms with Crippen molar-refractivity contribution >= 4 is 24.8 Å². The third-order valence-corrected chi connectivity index (χ3v) is 2.28. The highest BCUT2D eigenvalue weighted by Crippen LogP contribution is 2.19. The van der Waals surface area contributed by atoms with Crippen LogP contribution >= 0.6 is 24.8 Å². The van der Waals surface area contributed by atoms with Crippen molar-refractivity contribution in [1.29, 1.82) is 0 Å². The predicted octanol–water partition coefficient (Wildman–Crippen LogP) is 1.71. The van der Waals surface area contributed by atoms with E-state index in [9.17, 15) is 0 Å². The molecule has 3 nitrogen and oxygen atoms in total. The number of hydrogen-bond donors (Lipinski definition) is 1. The van der Waals surface area contributed by atoms with E-state index in [1.54, 1.807) is 0 Å². The Bertz CT molecular complexity index is 275. The lowest BCUT2D eigenvalue weighted by Gasteiger charge is -2.06. The standard InChI is InChI=1S/C9H13N3.2ClH/c1-7-11-5-3-9(12-7)8-2-4-10-6-8;;/h3,5,8,10H,2,4,6H2,1H3;2*1H. The van der Waals surface area contributed by atoms with Gasteiger partial charge < -0.3 is 5.32 Å². The van der Waals surface area contributed by atoms with Gasteiger partial charge in [-0.05, 0) is 26.0 Å². The van der Waals surface area contributed by atoms with Gasteiger partial charge in [0.2, 0.25) is 0 Å². The molecule has 1 aromatic rings. The molecular weight excluding hydrogens is 221 g/mol. The van der Waals surface area contributed by atoms with Gasteiger partial charge in [0.05, 0.1) is 0 Å². The summed E-state index contributed by atoms with van der Waals surface area (Å²) in [5.74, 6) is 1.48. The Morgan fingerprint density at radius 3 is 2.79 bits per heavy atom. The first-order valence-electron chi connectivity index (χ1n) is 4.36. The average Bonchev–Trinajstić information content (AvgIpc) is 2.56. The Balaban J connectivity index is 0.000000845. The first-order chi connectivity index (χ1) is 5.86. The van der Waals surface area contributed by atoms with Gasteiger partial charge in [-0.1, -0.05) is 0 Å². The molecule has 0 aliphatic carbocycles. The van der Waals surface area contributed by atoms with E-state index >= 15 is 0 Å². The van der Waals surface area contributed by atoms with Gasteiger partial charge in [0.1, 0.15) is 5.82 Å². The molecule has 0 saturated carbocycles. The molecule has 0 spiro atoms. The van der Waals surface area contributed by atoms with Gasteiger partial charge in [-0.25, -0.2) is 9.97 Å². The van der Waals surface area contributed by atoms with Gasteiger partial charge in [0, 0.05) is 24.4 Å². The summed E-state index contributed by atoms with van der Waals surface area (Å²) < 4.78 is 0. The van der Waals surface area contributed by atoms with Crippen molar-refractivity contribution in [2.45, 2.75) is 19.3 Å². The van der Waals surface area contributed by atoms with Gasteiger partial charge in [0.25, 0.3) is 0 Å².